The summed E-state index contributed by atoms with van der Waals surface area (Å²) < 4.78 is 17.2. The lowest BCUT2D eigenvalue weighted by Crippen LogP contribution is -2.52. The lowest BCUT2D eigenvalue weighted by molar-refractivity contribution is -0.126. The van der Waals surface area contributed by atoms with Crippen LogP contribution < -0.4 is 19.8 Å². The van der Waals surface area contributed by atoms with Gasteiger partial charge in [0.2, 0.25) is 12.6 Å². The van der Waals surface area contributed by atoms with Gasteiger partial charge in [-0.25, -0.2) is 0 Å². The highest BCUT2D eigenvalue weighted by molar-refractivity contribution is 6.17. The monoisotopic (exact) mass is 556 g/mol. The zero-order valence-corrected chi connectivity index (χ0v) is 22.6. The van der Waals surface area contributed by atoms with Crippen molar-refractivity contribution in [2.75, 3.05) is 11.7 Å². The van der Waals surface area contributed by atoms with Gasteiger partial charge in [0.1, 0.15) is 5.58 Å². The van der Waals surface area contributed by atoms with Crippen LogP contribution in [0.2, 0.25) is 0 Å². The first-order chi connectivity index (χ1) is 20.5. The molecular weight excluding hydrogens is 532 g/mol. The van der Waals surface area contributed by atoms with Crippen molar-refractivity contribution in [3.05, 3.63) is 135 Å². The number of ether oxygens (including phenoxy) is 2. The normalized spacial score (nSPS) is 18.3. The molecule has 3 aliphatic heterocycles. The quantitative estimate of drug-likeness (QED) is 0.300. The molecule has 0 N–H and O–H groups in total. The highest BCUT2D eigenvalue weighted by atomic mass is 16.7. The van der Waals surface area contributed by atoms with E-state index in [2.05, 4.69) is 0 Å². The van der Waals surface area contributed by atoms with Crippen molar-refractivity contribution in [1.29, 1.82) is 0 Å². The third kappa shape index (κ3) is 3.26. The maximum Gasteiger partial charge on any atom is 0.291 e. The number of para-hydroxylation sites is 1. The molecule has 0 saturated heterocycles. The molecule has 1 aromatic heterocycles. The van der Waals surface area contributed by atoms with Gasteiger partial charge in [-0.2, -0.15) is 0 Å². The van der Waals surface area contributed by atoms with E-state index in [-0.39, 0.29) is 42.5 Å². The minimum atomic E-state index is -1.72. The molecule has 1 spiro atoms. The second-order valence-electron chi connectivity index (χ2n) is 10.8. The number of aryl methyl sites for hydroxylation is 1. The fourth-order valence-electron chi connectivity index (χ4n) is 6.47. The van der Waals surface area contributed by atoms with Crippen LogP contribution in [0, 0.1) is 6.92 Å². The Balaban J connectivity index is 1.39. The number of carbonyl (C=O) groups is 2. The number of hydrogen-bond donors (Lipinski definition) is 0. The van der Waals surface area contributed by atoms with Gasteiger partial charge < -0.3 is 23.7 Å². The summed E-state index contributed by atoms with van der Waals surface area (Å²) in [5.74, 6) is 0.165. The van der Waals surface area contributed by atoms with Crippen LogP contribution in [0.25, 0.3) is 11.0 Å². The van der Waals surface area contributed by atoms with Gasteiger partial charge in [-0.15, -0.1) is 0 Å². The van der Waals surface area contributed by atoms with Crippen LogP contribution in [-0.2, 0) is 23.4 Å². The minimum absolute atomic E-state index is 0.0355. The van der Waals surface area contributed by atoms with E-state index in [1.807, 2.05) is 73.7 Å². The lowest BCUT2D eigenvalue weighted by atomic mass is 9.83. The van der Waals surface area contributed by atoms with Gasteiger partial charge in [0, 0.05) is 12.1 Å². The van der Waals surface area contributed by atoms with Crippen molar-refractivity contribution >= 4 is 28.5 Å². The molecule has 1 atom stereocenters. The van der Waals surface area contributed by atoms with Crippen LogP contribution in [0.4, 0.5) is 5.69 Å². The Bertz CT molecular complexity index is 2020. The van der Waals surface area contributed by atoms with Crippen molar-refractivity contribution in [3.63, 3.8) is 0 Å². The molecule has 0 aliphatic carbocycles. The molecule has 0 radical (unpaired) electrons. The molecule has 8 rings (SSSR count). The molecule has 0 saturated carbocycles. The summed E-state index contributed by atoms with van der Waals surface area (Å²) >= 11 is 0. The number of fused-ring (bicyclic) bond motifs is 6. The van der Waals surface area contributed by atoms with Gasteiger partial charge in [-0.05, 0) is 48.4 Å². The molecule has 206 valence electrons. The van der Waals surface area contributed by atoms with Crippen molar-refractivity contribution in [3.8, 4) is 11.5 Å². The fraction of sp³-hybridized carbons (Fsp3) is 0.147. The molecular formula is C34H24N2O6. The largest absolute Gasteiger partial charge is 0.454 e. The number of benzene rings is 4. The Labute approximate surface area is 240 Å². The van der Waals surface area contributed by atoms with E-state index in [0.29, 0.717) is 33.7 Å². The molecule has 8 nitrogen and oxygen atoms in total. The average molecular weight is 557 g/mol. The predicted molar refractivity (Wildman–Crippen MR) is 155 cm³/mol. The first-order valence-electron chi connectivity index (χ1n) is 13.7. The zero-order chi connectivity index (χ0) is 28.6. The van der Waals surface area contributed by atoms with E-state index < -0.39 is 11.4 Å². The summed E-state index contributed by atoms with van der Waals surface area (Å²) in [4.78, 5) is 46.9. The van der Waals surface area contributed by atoms with Crippen LogP contribution in [0.5, 0.6) is 11.5 Å². The smallest absolute Gasteiger partial charge is 0.291 e. The standard InChI is InChI=1S/C34H24N2O6/c1-20-11-13-26-23(15-20)30(37)29-31(42-26)32(38)36(18-22-12-14-27-28(16-22)41-19-40-27)34(29)24-9-5-6-10-25(24)35(33(34)39)17-21-7-3-2-4-8-21/h2-16H,17-19H2,1H3. The average Bonchev–Trinajstić information content (AvgIpc) is 3.64. The highest BCUT2D eigenvalue weighted by Crippen LogP contribution is 2.53. The van der Waals surface area contributed by atoms with Crippen LogP contribution in [0.1, 0.15) is 38.4 Å². The lowest BCUT2D eigenvalue weighted by Gasteiger charge is -2.34. The van der Waals surface area contributed by atoms with E-state index in [9.17, 15) is 14.4 Å². The van der Waals surface area contributed by atoms with Gasteiger partial charge in [-0.1, -0.05) is 66.2 Å². The molecule has 8 heteroatoms. The Hall–Kier alpha value is -5.37. The van der Waals surface area contributed by atoms with E-state index in [0.717, 1.165) is 16.7 Å². The second kappa shape index (κ2) is 8.81. The van der Waals surface area contributed by atoms with Gasteiger partial charge in [0.25, 0.3) is 11.8 Å². The number of anilines is 1. The molecule has 4 heterocycles. The van der Waals surface area contributed by atoms with Crippen molar-refractivity contribution in [1.82, 2.24) is 4.90 Å². The fourth-order valence-corrected chi connectivity index (χ4v) is 6.47. The van der Waals surface area contributed by atoms with E-state index in [4.69, 9.17) is 13.9 Å². The minimum Gasteiger partial charge on any atom is -0.454 e. The Morgan fingerprint density at radius 3 is 2.43 bits per heavy atom. The SMILES string of the molecule is Cc1ccc2oc3c(c(=O)c2c1)C1(C(=O)N(Cc2ccccc2)c2ccccc21)N(Cc1ccc2c(c1)OCO2)C3=O. The van der Waals surface area contributed by atoms with Gasteiger partial charge in [0.05, 0.1) is 23.2 Å². The maximum absolute atomic E-state index is 14.9. The van der Waals surface area contributed by atoms with Crippen LogP contribution in [0.3, 0.4) is 0 Å². The Morgan fingerprint density at radius 2 is 1.57 bits per heavy atom. The first-order valence-corrected chi connectivity index (χ1v) is 13.7. The molecule has 3 aliphatic rings. The topological polar surface area (TPSA) is 89.3 Å². The van der Waals surface area contributed by atoms with Crippen LogP contribution in [-0.4, -0.2) is 23.5 Å². The number of carbonyl (C=O) groups excluding carboxylic acids is 2. The van der Waals surface area contributed by atoms with Crippen molar-refractivity contribution in [2.45, 2.75) is 25.6 Å². The van der Waals surface area contributed by atoms with E-state index in [1.165, 1.54) is 4.90 Å². The molecule has 2 amide bonds. The number of amides is 2. The van der Waals surface area contributed by atoms with Crippen LogP contribution >= 0.6 is 0 Å². The van der Waals surface area contributed by atoms with Crippen molar-refractivity contribution < 1.29 is 23.5 Å². The second-order valence-corrected chi connectivity index (χ2v) is 10.8. The summed E-state index contributed by atoms with van der Waals surface area (Å²) in [5, 5.41) is 0.331. The summed E-state index contributed by atoms with van der Waals surface area (Å²) in [7, 11) is 0. The molecule has 1 unspecified atom stereocenters. The number of hydrogen-bond acceptors (Lipinski definition) is 6. The van der Waals surface area contributed by atoms with Crippen LogP contribution in [0.15, 0.2) is 100 Å². The Morgan fingerprint density at radius 1 is 0.786 bits per heavy atom. The Kier molecular flexibility index (Phi) is 5.13. The molecule has 4 aromatic carbocycles. The maximum atomic E-state index is 14.9. The third-order valence-electron chi connectivity index (χ3n) is 8.35. The number of nitrogens with zero attached hydrogens (tertiary/aromatic N) is 2. The predicted octanol–water partition coefficient (Wildman–Crippen LogP) is 5.28. The van der Waals surface area contributed by atoms with E-state index in [1.54, 1.807) is 29.2 Å². The van der Waals surface area contributed by atoms with Gasteiger partial charge in [-0.3, -0.25) is 14.4 Å². The third-order valence-corrected chi connectivity index (χ3v) is 8.35. The summed E-state index contributed by atoms with van der Waals surface area (Å²) in [6.45, 7) is 2.31. The van der Waals surface area contributed by atoms with Gasteiger partial charge >= 0.3 is 0 Å². The molecule has 0 bridgehead atoms. The first kappa shape index (κ1) is 24.4. The molecule has 5 aromatic rings. The molecule has 42 heavy (non-hydrogen) atoms. The highest BCUT2D eigenvalue weighted by Gasteiger charge is 2.65. The zero-order valence-electron chi connectivity index (χ0n) is 22.6. The van der Waals surface area contributed by atoms with E-state index >= 15 is 0 Å². The molecule has 0 fully saturated rings. The van der Waals surface area contributed by atoms with Gasteiger partial charge in [0.15, 0.2) is 22.5 Å². The summed E-state index contributed by atoms with van der Waals surface area (Å²) in [6.07, 6.45) is 0. The summed E-state index contributed by atoms with van der Waals surface area (Å²) in [5.41, 5.74) is 1.98. The van der Waals surface area contributed by atoms with Crippen molar-refractivity contribution in [2.24, 2.45) is 0 Å². The summed E-state index contributed by atoms with van der Waals surface area (Å²) in [6, 6.07) is 27.7. The number of rotatable bonds is 4.